The second-order valence-corrected chi connectivity index (χ2v) is 10.2. The zero-order chi connectivity index (χ0) is 21.3. The van der Waals surface area contributed by atoms with Crippen LogP contribution in [0.3, 0.4) is 0 Å². The molecule has 3 aliphatic rings. The molecule has 1 aromatic carbocycles. The fourth-order valence-electron chi connectivity index (χ4n) is 7.06. The molecule has 4 nitrogen and oxygen atoms in total. The van der Waals surface area contributed by atoms with Gasteiger partial charge >= 0.3 is 6.09 Å². The van der Waals surface area contributed by atoms with Gasteiger partial charge in [-0.05, 0) is 85.5 Å². The third-order valence-electron chi connectivity index (χ3n) is 8.62. The number of fused-ring (bicyclic) bond motifs is 5. The second kappa shape index (κ2) is 8.80. The molecule has 0 saturated heterocycles. The van der Waals surface area contributed by atoms with Gasteiger partial charge in [0.15, 0.2) is 0 Å². The lowest BCUT2D eigenvalue weighted by molar-refractivity contribution is -0.0450. The van der Waals surface area contributed by atoms with Crippen LogP contribution in [0.5, 0.6) is 5.75 Å². The van der Waals surface area contributed by atoms with Gasteiger partial charge in [0.05, 0.1) is 0 Å². The van der Waals surface area contributed by atoms with Crippen molar-refractivity contribution in [1.82, 2.24) is 5.32 Å². The van der Waals surface area contributed by atoms with Crippen molar-refractivity contribution in [2.24, 2.45) is 23.2 Å². The molecule has 4 rings (SSSR count). The first kappa shape index (κ1) is 21.5. The summed E-state index contributed by atoms with van der Waals surface area (Å²) in [6, 6.07) is 6.02. The lowest BCUT2D eigenvalue weighted by Crippen LogP contribution is -2.48. The molecule has 0 spiro atoms. The molecule has 0 heterocycles. The van der Waals surface area contributed by atoms with E-state index in [0.29, 0.717) is 36.0 Å². The highest BCUT2D eigenvalue weighted by Gasteiger charge is 2.58. The Labute approximate surface area is 181 Å². The molecule has 166 valence electrons. The van der Waals surface area contributed by atoms with Crippen molar-refractivity contribution in [2.75, 3.05) is 6.54 Å². The molecule has 2 N–H and O–H groups in total. The number of aromatic hydroxyl groups is 1. The smallest absolute Gasteiger partial charge is 0.407 e. The van der Waals surface area contributed by atoms with Gasteiger partial charge in [-0.15, -0.1) is 0 Å². The van der Waals surface area contributed by atoms with Crippen molar-refractivity contribution in [3.05, 3.63) is 29.3 Å². The van der Waals surface area contributed by atoms with E-state index in [2.05, 4.69) is 32.2 Å². The van der Waals surface area contributed by atoms with E-state index in [1.807, 2.05) is 12.1 Å². The van der Waals surface area contributed by atoms with Crippen molar-refractivity contribution in [2.45, 2.75) is 90.6 Å². The largest absolute Gasteiger partial charge is 0.508 e. The number of unbranched alkanes of at least 4 members (excludes halogenated alkanes) is 2. The Hall–Kier alpha value is -1.71. The monoisotopic (exact) mass is 413 g/mol. The van der Waals surface area contributed by atoms with Crippen molar-refractivity contribution >= 4 is 6.09 Å². The number of alkyl carbamates (subject to hydrolysis) is 1. The highest BCUT2D eigenvalue weighted by atomic mass is 16.6. The van der Waals surface area contributed by atoms with E-state index < -0.39 is 0 Å². The summed E-state index contributed by atoms with van der Waals surface area (Å²) in [7, 11) is 0. The Balaban J connectivity index is 1.49. The van der Waals surface area contributed by atoms with Gasteiger partial charge in [0.2, 0.25) is 0 Å². The number of carbonyl (C=O) groups excluding carboxylic acids is 1. The lowest BCUT2D eigenvalue weighted by atomic mass is 9.52. The summed E-state index contributed by atoms with van der Waals surface area (Å²) in [6.45, 7) is 7.58. The van der Waals surface area contributed by atoms with E-state index in [0.717, 1.165) is 51.4 Å². The fourth-order valence-corrected chi connectivity index (χ4v) is 7.06. The number of nitrogens with one attached hydrogen (secondary N) is 1. The topological polar surface area (TPSA) is 58.6 Å². The van der Waals surface area contributed by atoms with Gasteiger partial charge in [-0.1, -0.05) is 46.1 Å². The number of benzene rings is 1. The number of phenols is 1. The summed E-state index contributed by atoms with van der Waals surface area (Å²) in [5, 5.41) is 13.0. The first-order chi connectivity index (χ1) is 14.5. The molecule has 1 amide bonds. The summed E-state index contributed by atoms with van der Waals surface area (Å²) >= 11 is 0. The van der Waals surface area contributed by atoms with Gasteiger partial charge in [-0.25, -0.2) is 4.79 Å². The number of amides is 1. The second-order valence-electron chi connectivity index (χ2n) is 10.2. The van der Waals surface area contributed by atoms with Gasteiger partial charge in [0.1, 0.15) is 11.9 Å². The minimum Gasteiger partial charge on any atom is -0.508 e. The minimum atomic E-state index is -0.225. The van der Waals surface area contributed by atoms with Gasteiger partial charge < -0.3 is 15.2 Å². The molecular weight excluding hydrogens is 374 g/mol. The van der Waals surface area contributed by atoms with Crippen LogP contribution in [0.15, 0.2) is 18.2 Å². The maximum Gasteiger partial charge on any atom is 0.407 e. The third-order valence-corrected chi connectivity index (χ3v) is 8.62. The van der Waals surface area contributed by atoms with Crippen LogP contribution in [0.25, 0.3) is 0 Å². The van der Waals surface area contributed by atoms with E-state index in [1.165, 1.54) is 17.5 Å². The number of ether oxygens (including phenoxy) is 1. The molecular formula is C26H39NO3. The molecule has 6 unspecified atom stereocenters. The molecule has 0 radical (unpaired) electrons. The van der Waals surface area contributed by atoms with Crippen LogP contribution in [-0.4, -0.2) is 23.8 Å². The Morgan fingerprint density at radius 3 is 2.83 bits per heavy atom. The van der Waals surface area contributed by atoms with Crippen molar-refractivity contribution in [3.8, 4) is 5.75 Å². The highest BCUT2D eigenvalue weighted by molar-refractivity contribution is 5.67. The summed E-state index contributed by atoms with van der Waals surface area (Å²) in [6.07, 6.45) is 9.79. The molecule has 2 saturated carbocycles. The highest BCUT2D eigenvalue weighted by Crippen LogP contribution is 2.63. The SMILES string of the molecule is CCCCCNC(=O)OC1CCC2C3C(CC)Cc4cc(O)ccc4C3CCC12C. The normalized spacial score (nSPS) is 34.6. The van der Waals surface area contributed by atoms with E-state index in [1.54, 1.807) is 0 Å². The predicted octanol–water partition coefficient (Wildman–Crippen LogP) is 6.17. The molecule has 2 fully saturated rings. The maximum absolute atomic E-state index is 12.4. The lowest BCUT2D eigenvalue weighted by Gasteiger charge is -2.53. The molecule has 0 aliphatic heterocycles. The zero-order valence-electron chi connectivity index (χ0n) is 19.0. The zero-order valence-corrected chi connectivity index (χ0v) is 19.0. The Morgan fingerprint density at radius 2 is 2.07 bits per heavy atom. The van der Waals surface area contributed by atoms with Crippen molar-refractivity contribution in [1.29, 1.82) is 0 Å². The van der Waals surface area contributed by atoms with Crippen LogP contribution in [0.4, 0.5) is 4.79 Å². The van der Waals surface area contributed by atoms with Gasteiger partial charge in [-0.3, -0.25) is 0 Å². The third kappa shape index (κ3) is 3.83. The Kier molecular flexibility index (Phi) is 6.31. The quantitative estimate of drug-likeness (QED) is 0.548. The standard InChI is InChI=1S/C26H39NO3/c1-4-6-7-14-27-25(29)30-23-11-10-22-24-17(5-2)15-18-16-19(28)8-9-20(18)21(24)12-13-26(22,23)3/h8-9,16-17,21-24,28H,4-7,10-15H2,1-3H3,(H,27,29). The molecule has 1 aromatic rings. The van der Waals surface area contributed by atoms with Gasteiger partial charge in [-0.2, -0.15) is 0 Å². The molecule has 30 heavy (non-hydrogen) atoms. The van der Waals surface area contributed by atoms with Crippen LogP contribution in [-0.2, 0) is 11.2 Å². The molecule has 0 aromatic heterocycles. The van der Waals surface area contributed by atoms with E-state index in [-0.39, 0.29) is 17.6 Å². The first-order valence-electron chi connectivity index (χ1n) is 12.2. The summed E-state index contributed by atoms with van der Waals surface area (Å²) in [5.74, 6) is 2.89. The first-order valence-corrected chi connectivity index (χ1v) is 12.2. The summed E-state index contributed by atoms with van der Waals surface area (Å²) in [4.78, 5) is 12.4. The number of hydrogen-bond donors (Lipinski definition) is 2. The maximum atomic E-state index is 12.4. The Bertz CT molecular complexity index is 763. The van der Waals surface area contributed by atoms with Crippen LogP contribution >= 0.6 is 0 Å². The number of hydrogen-bond acceptors (Lipinski definition) is 3. The van der Waals surface area contributed by atoms with Crippen molar-refractivity contribution < 1.29 is 14.6 Å². The van der Waals surface area contributed by atoms with Crippen LogP contribution < -0.4 is 5.32 Å². The van der Waals surface area contributed by atoms with E-state index >= 15 is 0 Å². The van der Waals surface area contributed by atoms with Gasteiger partial charge in [0.25, 0.3) is 0 Å². The summed E-state index contributed by atoms with van der Waals surface area (Å²) in [5.41, 5.74) is 2.90. The number of rotatable bonds is 6. The molecule has 4 heteroatoms. The fraction of sp³-hybridized carbons (Fsp3) is 0.731. The van der Waals surface area contributed by atoms with Crippen molar-refractivity contribution in [3.63, 3.8) is 0 Å². The van der Waals surface area contributed by atoms with Crippen LogP contribution in [0.2, 0.25) is 0 Å². The Morgan fingerprint density at radius 1 is 1.23 bits per heavy atom. The number of phenolic OH excluding ortho intramolecular Hbond substituents is 1. The van der Waals surface area contributed by atoms with Crippen LogP contribution in [0, 0.1) is 23.2 Å². The number of carbonyl (C=O) groups is 1. The molecule has 3 aliphatic carbocycles. The van der Waals surface area contributed by atoms with Crippen LogP contribution in [0.1, 0.15) is 89.2 Å². The van der Waals surface area contributed by atoms with E-state index in [4.69, 9.17) is 4.74 Å². The minimum absolute atomic E-state index is 0.0355. The summed E-state index contributed by atoms with van der Waals surface area (Å²) < 4.78 is 6.01. The average Bonchev–Trinajstić information content (AvgIpc) is 3.06. The molecule has 0 bridgehead atoms. The van der Waals surface area contributed by atoms with E-state index in [9.17, 15) is 9.90 Å². The van der Waals surface area contributed by atoms with Gasteiger partial charge in [0, 0.05) is 12.0 Å². The average molecular weight is 414 g/mol. The predicted molar refractivity (Wildman–Crippen MR) is 120 cm³/mol. The molecule has 6 atom stereocenters.